The summed E-state index contributed by atoms with van der Waals surface area (Å²) in [5.41, 5.74) is 0.216. The predicted octanol–water partition coefficient (Wildman–Crippen LogP) is 4.48. The van der Waals surface area contributed by atoms with Crippen molar-refractivity contribution >= 4 is 5.97 Å². The summed E-state index contributed by atoms with van der Waals surface area (Å²) in [5.74, 6) is 2.55. The molecule has 0 bridgehead atoms. The van der Waals surface area contributed by atoms with Crippen molar-refractivity contribution in [3.63, 3.8) is 0 Å². The zero-order valence-corrected chi connectivity index (χ0v) is 17.9. The second kappa shape index (κ2) is 7.27. The number of carbonyl (C=O) groups is 1. The van der Waals surface area contributed by atoms with Gasteiger partial charge >= 0.3 is 5.97 Å². The second-order valence-electron chi connectivity index (χ2n) is 11.3. The Morgan fingerprint density at radius 1 is 1.04 bits per heavy atom. The molecule has 4 aliphatic carbocycles. The van der Waals surface area contributed by atoms with Gasteiger partial charge in [-0.3, -0.25) is 4.79 Å². The third-order valence-electron chi connectivity index (χ3n) is 10.3. The molecule has 0 aliphatic heterocycles. The van der Waals surface area contributed by atoms with Gasteiger partial charge in [0, 0.05) is 6.42 Å². The Hall–Kier alpha value is -0.610. The first-order chi connectivity index (χ1) is 13.2. The first-order valence-electron chi connectivity index (χ1n) is 11.8. The highest BCUT2D eigenvalue weighted by molar-refractivity contribution is 5.66. The molecule has 0 aromatic rings. The molecule has 28 heavy (non-hydrogen) atoms. The van der Waals surface area contributed by atoms with Gasteiger partial charge in [-0.1, -0.05) is 20.8 Å². The van der Waals surface area contributed by atoms with Gasteiger partial charge in [-0.15, -0.1) is 0 Å². The van der Waals surface area contributed by atoms with Crippen LogP contribution in [0.1, 0.15) is 85.0 Å². The van der Waals surface area contributed by atoms with Gasteiger partial charge in [0.15, 0.2) is 0 Å². The smallest absolute Gasteiger partial charge is 0.303 e. The molecule has 160 valence electrons. The standard InChI is InChI=1S/C24H40O4/c1-14(4-9-22(27)28)18-7-8-19-17-6-5-15-12-16(25)10-11-23(15,2)20(17)13-21(26)24(18,19)3/h14-21,25-26H,4-13H2,1-3H3,(H,27,28)/t14?,15?,16?,17?,18?,19?,20?,21-,23?,24?/m0/s1. The van der Waals surface area contributed by atoms with Crippen LogP contribution in [0.4, 0.5) is 0 Å². The molecular weight excluding hydrogens is 352 g/mol. The van der Waals surface area contributed by atoms with Gasteiger partial charge in [0.05, 0.1) is 12.2 Å². The van der Waals surface area contributed by atoms with E-state index in [-0.39, 0.29) is 29.5 Å². The summed E-state index contributed by atoms with van der Waals surface area (Å²) in [4.78, 5) is 11.1. The van der Waals surface area contributed by atoms with Gasteiger partial charge in [-0.2, -0.15) is 0 Å². The normalized spacial score (nSPS) is 51.7. The van der Waals surface area contributed by atoms with Crippen molar-refractivity contribution in [2.45, 2.75) is 97.2 Å². The lowest BCUT2D eigenvalue weighted by molar-refractivity contribution is -0.175. The molecule has 3 N–H and O–H groups in total. The van der Waals surface area contributed by atoms with Gasteiger partial charge in [0.25, 0.3) is 0 Å². The molecule has 0 spiro atoms. The minimum atomic E-state index is -0.707. The first kappa shape index (κ1) is 20.7. The first-order valence-corrected chi connectivity index (χ1v) is 11.8. The molecule has 4 fully saturated rings. The number of hydrogen-bond acceptors (Lipinski definition) is 3. The highest BCUT2D eigenvalue weighted by atomic mass is 16.4. The number of aliphatic carboxylic acids is 1. The lowest BCUT2D eigenvalue weighted by Gasteiger charge is -2.62. The van der Waals surface area contributed by atoms with E-state index < -0.39 is 5.97 Å². The fourth-order valence-corrected chi connectivity index (χ4v) is 8.71. The molecule has 4 nitrogen and oxygen atoms in total. The van der Waals surface area contributed by atoms with E-state index in [9.17, 15) is 15.0 Å². The average Bonchev–Trinajstić information content (AvgIpc) is 3.00. The Labute approximate surface area is 170 Å². The summed E-state index contributed by atoms with van der Waals surface area (Å²) in [6.45, 7) is 6.99. The van der Waals surface area contributed by atoms with Gasteiger partial charge in [0.1, 0.15) is 0 Å². The maximum Gasteiger partial charge on any atom is 0.303 e. The molecule has 4 heteroatoms. The minimum absolute atomic E-state index is 0.0591. The Kier molecular flexibility index (Phi) is 5.36. The van der Waals surface area contributed by atoms with Crippen LogP contribution in [0.5, 0.6) is 0 Å². The van der Waals surface area contributed by atoms with Gasteiger partial charge < -0.3 is 15.3 Å². The molecule has 0 heterocycles. The lowest BCUT2D eigenvalue weighted by Crippen LogP contribution is -2.58. The zero-order chi connectivity index (χ0) is 20.3. The van der Waals surface area contributed by atoms with Crippen LogP contribution in [0.15, 0.2) is 0 Å². The molecule has 0 aromatic carbocycles. The highest BCUT2D eigenvalue weighted by Crippen LogP contribution is 2.68. The van der Waals surface area contributed by atoms with Crippen LogP contribution in [-0.4, -0.2) is 33.5 Å². The van der Waals surface area contributed by atoms with Crippen molar-refractivity contribution in [3.05, 3.63) is 0 Å². The lowest BCUT2D eigenvalue weighted by atomic mass is 9.43. The maximum atomic E-state index is 11.5. The van der Waals surface area contributed by atoms with E-state index in [0.717, 1.165) is 38.5 Å². The van der Waals surface area contributed by atoms with E-state index in [1.54, 1.807) is 0 Å². The third-order valence-corrected chi connectivity index (χ3v) is 10.3. The highest BCUT2D eigenvalue weighted by Gasteiger charge is 2.63. The van der Waals surface area contributed by atoms with Crippen LogP contribution in [-0.2, 0) is 4.79 Å². The van der Waals surface area contributed by atoms with Crippen LogP contribution in [0, 0.1) is 46.3 Å². The number of hydrogen-bond donors (Lipinski definition) is 3. The summed E-state index contributed by atoms with van der Waals surface area (Å²) >= 11 is 0. The van der Waals surface area contributed by atoms with Crippen molar-refractivity contribution in [2.75, 3.05) is 0 Å². The van der Waals surface area contributed by atoms with E-state index in [4.69, 9.17) is 5.11 Å². The number of aliphatic hydroxyl groups excluding tert-OH is 2. The predicted molar refractivity (Wildman–Crippen MR) is 109 cm³/mol. The quantitative estimate of drug-likeness (QED) is 0.659. The molecule has 0 amide bonds. The summed E-state index contributed by atoms with van der Waals surface area (Å²) in [7, 11) is 0. The van der Waals surface area contributed by atoms with Crippen LogP contribution in [0.3, 0.4) is 0 Å². The van der Waals surface area contributed by atoms with Gasteiger partial charge in [0.2, 0.25) is 0 Å². The SMILES string of the molecule is CC(CCC(=O)O)C1CCC2C3CCC4CC(O)CCC4(C)C3C[C@H](O)C12C. The van der Waals surface area contributed by atoms with E-state index >= 15 is 0 Å². The second-order valence-corrected chi connectivity index (χ2v) is 11.3. The molecule has 9 unspecified atom stereocenters. The van der Waals surface area contributed by atoms with Crippen molar-refractivity contribution in [1.29, 1.82) is 0 Å². The summed E-state index contributed by atoms with van der Waals surface area (Å²) in [6.07, 6.45) is 9.26. The monoisotopic (exact) mass is 392 g/mol. The molecule has 0 aromatic heterocycles. The van der Waals surface area contributed by atoms with Crippen molar-refractivity contribution in [3.8, 4) is 0 Å². The minimum Gasteiger partial charge on any atom is -0.481 e. The molecule has 4 aliphatic rings. The summed E-state index contributed by atoms with van der Waals surface area (Å²) in [6, 6.07) is 0. The summed E-state index contributed by atoms with van der Waals surface area (Å²) in [5, 5.41) is 30.8. The largest absolute Gasteiger partial charge is 0.481 e. The number of fused-ring (bicyclic) bond motifs is 5. The van der Waals surface area contributed by atoms with Crippen molar-refractivity contribution < 1.29 is 20.1 Å². The van der Waals surface area contributed by atoms with Crippen LogP contribution >= 0.6 is 0 Å². The molecular formula is C24H40O4. The molecule has 4 saturated carbocycles. The Morgan fingerprint density at radius 3 is 2.50 bits per heavy atom. The van der Waals surface area contributed by atoms with Crippen molar-refractivity contribution in [2.24, 2.45) is 46.3 Å². The zero-order valence-electron chi connectivity index (χ0n) is 17.9. The fourth-order valence-electron chi connectivity index (χ4n) is 8.71. The Morgan fingerprint density at radius 2 is 1.79 bits per heavy atom. The van der Waals surface area contributed by atoms with E-state index in [2.05, 4.69) is 20.8 Å². The van der Waals surface area contributed by atoms with Gasteiger partial charge in [-0.25, -0.2) is 0 Å². The third kappa shape index (κ3) is 3.05. The number of rotatable bonds is 4. The topological polar surface area (TPSA) is 77.8 Å². The maximum absolute atomic E-state index is 11.5. The number of carboxylic acids is 1. The molecule has 4 rings (SSSR count). The Bertz CT molecular complexity index is 605. The van der Waals surface area contributed by atoms with Crippen LogP contribution in [0.25, 0.3) is 0 Å². The number of aliphatic hydroxyl groups is 2. The molecule has 0 saturated heterocycles. The van der Waals surface area contributed by atoms with Crippen LogP contribution < -0.4 is 0 Å². The van der Waals surface area contributed by atoms with Crippen LogP contribution in [0.2, 0.25) is 0 Å². The van der Waals surface area contributed by atoms with Crippen molar-refractivity contribution in [1.82, 2.24) is 0 Å². The molecule has 10 atom stereocenters. The van der Waals surface area contributed by atoms with Gasteiger partial charge in [-0.05, 0) is 104 Å². The van der Waals surface area contributed by atoms with E-state index in [0.29, 0.717) is 35.5 Å². The molecule has 0 radical (unpaired) electrons. The average molecular weight is 393 g/mol. The summed E-state index contributed by atoms with van der Waals surface area (Å²) < 4.78 is 0. The van der Waals surface area contributed by atoms with E-state index in [1.165, 1.54) is 19.3 Å². The Balaban J connectivity index is 1.56. The van der Waals surface area contributed by atoms with E-state index in [1.807, 2.05) is 0 Å². The fraction of sp³-hybridized carbons (Fsp3) is 0.958. The number of carboxylic acid groups (broad SMARTS) is 1.